The molecule has 104 valence electrons. The number of halogens is 1. The van der Waals surface area contributed by atoms with Crippen molar-refractivity contribution < 1.29 is 4.39 Å². The highest BCUT2D eigenvalue weighted by atomic mass is 19.1. The van der Waals surface area contributed by atoms with Crippen LogP contribution < -0.4 is 5.73 Å². The van der Waals surface area contributed by atoms with Crippen molar-refractivity contribution in [1.82, 2.24) is 10.2 Å². The molecule has 0 aliphatic carbocycles. The maximum atomic E-state index is 13.0. The lowest BCUT2D eigenvalue weighted by atomic mass is 10.0. The van der Waals surface area contributed by atoms with Crippen LogP contribution in [0.15, 0.2) is 54.7 Å². The van der Waals surface area contributed by atoms with Gasteiger partial charge in [0.2, 0.25) is 0 Å². The number of nitrogens with two attached hydrogens (primary N) is 1. The maximum Gasteiger partial charge on any atom is 0.123 e. The Hall–Kier alpha value is -2.95. The van der Waals surface area contributed by atoms with Gasteiger partial charge in [0.05, 0.1) is 16.9 Å². The number of fused-ring (bicyclic) bond motifs is 1. The van der Waals surface area contributed by atoms with Gasteiger partial charge in [-0.15, -0.1) is 0 Å². The van der Waals surface area contributed by atoms with E-state index in [2.05, 4.69) is 10.2 Å². The molecule has 2 aromatic carbocycles. The minimum absolute atomic E-state index is 0.283. The molecule has 3 rings (SSSR count). The van der Waals surface area contributed by atoms with Gasteiger partial charge in [-0.1, -0.05) is 6.07 Å². The Bertz CT molecular complexity index is 831. The molecule has 0 aliphatic heterocycles. The van der Waals surface area contributed by atoms with E-state index in [0.717, 1.165) is 27.7 Å². The van der Waals surface area contributed by atoms with Gasteiger partial charge in [0, 0.05) is 16.5 Å². The lowest BCUT2D eigenvalue weighted by Gasteiger charge is -2.01. The van der Waals surface area contributed by atoms with Crippen molar-refractivity contribution in [2.45, 2.75) is 0 Å². The highest BCUT2D eigenvalue weighted by Gasteiger charge is 2.10. The van der Waals surface area contributed by atoms with Crippen LogP contribution in [0.1, 0.15) is 5.56 Å². The summed E-state index contributed by atoms with van der Waals surface area (Å²) in [7, 11) is 0. The quantitative estimate of drug-likeness (QED) is 0.644. The van der Waals surface area contributed by atoms with E-state index < -0.39 is 0 Å². The number of nitrogens with zero attached hydrogens (tertiary/aromatic N) is 1. The molecule has 0 amide bonds. The molecule has 4 nitrogen and oxygen atoms in total. The van der Waals surface area contributed by atoms with Gasteiger partial charge in [0.15, 0.2) is 0 Å². The third-order valence-corrected chi connectivity index (χ3v) is 3.25. The molecule has 0 saturated heterocycles. The summed E-state index contributed by atoms with van der Waals surface area (Å²) < 4.78 is 13.0. The molecule has 0 atom stereocenters. The van der Waals surface area contributed by atoms with Gasteiger partial charge in [-0.05, 0) is 48.7 Å². The third-order valence-electron chi connectivity index (χ3n) is 3.25. The molecular formula is C16H13FN4. The van der Waals surface area contributed by atoms with E-state index in [1.165, 1.54) is 24.4 Å². The number of hydrogen-bond donors (Lipinski definition) is 3. The molecule has 5 heteroatoms. The van der Waals surface area contributed by atoms with E-state index in [1.807, 2.05) is 18.2 Å². The zero-order valence-electron chi connectivity index (χ0n) is 11.1. The number of aromatic amines is 1. The second-order valence-corrected chi connectivity index (χ2v) is 4.61. The van der Waals surface area contributed by atoms with Crippen LogP contribution in [0.5, 0.6) is 0 Å². The van der Waals surface area contributed by atoms with Crippen LogP contribution in [0.3, 0.4) is 0 Å². The van der Waals surface area contributed by atoms with Crippen LogP contribution in [0.25, 0.3) is 22.2 Å². The van der Waals surface area contributed by atoms with Crippen molar-refractivity contribution in [2.24, 2.45) is 5.73 Å². The molecule has 0 bridgehead atoms. The molecule has 0 spiro atoms. The second-order valence-electron chi connectivity index (χ2n) is 4.61. The number of H-pyrrole nitrogens is 1. The van der Waals surface area contributed by atoms with Crippen molar-refractivity contribution in [2.75, 3.05) is 0 Å². The Kier molecular flexibility index (Phi) is 3.23. The summed E-state index contributed by atoms with van der Waals surface area (Å²) in [5.41, 5.74) is 8.80. The van der Waals surface area contributed by atoms with E-state index >= 15 is 0 Å². The summed E-state index contributed by atoms with van der Waals surface area (Å²) in [6.45, 7) is 0. The Morgan fingerprint density at radius 1 is 1.19 bits per heavy atom. The first kappa shape index (κ1) is 13.1. The minimum Gasteiger partial charge on any atom is -0.405 e. The van der Waals surface area contributed by atoms with Crippen molar-refractivity contribution >= 4 is 16.6 Å². The molecule has 0 aliphatic rings. The summed E-state index contributed by atoms with van der Waals surface area (Å²) in [5, 5.41) is 16.0. The predicted molar refractivity (Wildman–Crippen MR) is 81.6 cm³/mol. The highest BCUT2D eigenvalue weighted by molar-refractivity contribution is 6.09. The van der Waals surface area contributed by atoms with Gasteiger partial charge in [-0.25, -0.2) is 4.39 Å². The van der Waals surface area contributed by atoms with Gasteiger partial charge in [0.1, 0.15) is 5.82 Å². The first-order valence-electron chi connectivity index (χ1n) is 6.40. The zero-order valence-corrected chi connectivity index (χ0v) is 11.1. The smallest absolute Gasteiger partial charge is 0.123 e. The van der Waals surface area contributed by atoms with Gasteiger partial charge < -0.3 is 11.1 Å². The van der Waals surface area contributed by atoms with Crippen molar-refractivity contribution in [3.63, 3.8) is 0 Å². The Labute approximate surface area is 120 Å². The van der Waals surface area contributed by atoms with Gasteiger partial charge >= 0.3 is 0 Å². The van der Waals surface area contributed by atoms with E-state index in [4.69, 9.17) is 11.1 Å². The predicted octanol–water partition coefficient (Wildman–Crippen LogP) is 3.21. The largest absolute Gasteiger partial charge is 0.405 e. The van der Waals surface area contributed by atoms with Crippen molar-refractivity contribution in [3.8, 4) is 11.3 Å². The molecule has 21 heavy (non-hydrogen) atoms. The minimum atomic E-state index is -0.283. The normalized spacial score (nSPS) is 11.3. The van der Waals surface area contributed by atoms with Crippen LogP contribution in [0.2, 0.25) is 0 Å². The summed E-state index contributed by atoms with van der Waals surface area (Å²) in [6.07, 6.45) is 2.86. The lowest BCUT2D eigenvalue weighted by molar-refractivity contribution is 0.628. The topological polar surface area (TPSA) is 78.5 Å². The SMILES string of the molecule is N=C(/C=C\N)c1ccc2[nH]nc(-c3ccc(F)cc3)c2c1. The zero-order chi connectivity index (χ0) is 14.8. The average molecular weight is 280 g/mol. The van der Waals surface area contributed by atoms with Gasteiger partial charge in [0.25, 0.3) is 0 Å². The van der Waals surface area contributed by atoms with Gasteiger partial charge in [-0.2, -0.15) is 5.10 Å². The van der Waals surface area contributed by atoms with Crippen LogP contribution in [0.4, 0.5) is 4.39 Å². The monoisotopic (exact) mass is 280 g/mol. The summed E-state index contributed by atoms with van der Waals surface area (Å²) in [5.74, 6) is -0.283. The first-order chi connectivity index (χ1) is 10.2. The Balaban J connectivity index is 2.13. The third kappa shape index (κ3) is 2.41. The van der Waals surface area contributed by atoms with Crippen LogP contribution in [-0.4, -0.2) is 15.9 Å². The summed E-state index contributed by atoms with van der Waals surface area (Å²) >= 11 is 0. The van der Waals surface area contributed by atoms with Gasteiger partial charge in [-0.3, -0.25) is 5.10 Å². The molecule has 0 unspecified atom stereocenters. The number of rotatable bonds is 3. The van der Waals surface area contributed by atoms with Crippen LogP contribution in [0, 0.1) is 11.2 Å². The average Bonchev–Trinajstić information content (AvgIpc) is 2.91. The first-order valence-corrected chi connectivity index (χ1v) is 6.40. The lowest BCUT2D eigenvalue weighted by Crippen LogP contribution is -1.95. The number of aromatic nitrogens is 2. The number of benzene rings is 2. The molecular weight excluding hydrogens is 267 g/mol. The molecule has 0 radical (unpaired) electrons. The van der Waals surface area contributed by atoms with E-state index in [1.54, 1.807) is 12.1 Å². The molecule has 0 fully saturated rings. The fraction of sp³-hybridized carbons (Fsp3) is 0. The fourth-order valence-corrected chi connectivity index (χ4v) is 2.20. The Morgan fingerprint density at radius 3 is 2.67 bits per heavy atom. The number of hydrogen-bond acceptors (Lipinski definition) is 3. The summed E-state index contributed by atoms with van der Waals surface area (Å²) in [6, 6.07) is 11.7. The molecule has 1 heterocycles. The van der Waals surface area contributed by atoms with Crippen molar-refractivity contribution in [3.05, 3.63) is 66.1 Å². The van der Waals surface area contributed by atoms with Crippen LogP contribution >= 0.6 is 0 Å². The maximum absolute atomic E-state index is 13.0. The van der Waals surface area contributed by atoms with E-state index in [0.29, 0.717) is 5.71 Å². The molecule has 1 aromatic heterocycles. The second kappa shape index (κ2) is 5.20. The molecule has 0 saturated carbocycles. The van der Waals surface area contributed by atoms with E-state index in [9.17, 15) is 4.39 Å². The number of allylic oxidation sites excluding steroid dienone is 1. The standard InChI is InChI=1S/C16H13FN4/c17-12-4-1-10(2-5-12)16-13-9-11(14(19)7-8-18)3-6-15(13)20-21-16/h1-9,19H,18H2,(H,20,21)/b8-7-,19-14?. The fourth-order valence-electron chi connectivity index (χ4n) is 2.20. The highest BCUT2D eigenvalue weighted by Crippen LogP contribution is 2.27. The van der Waals surface area contributed by atoms with E-state index in [-0.39, 0.29) is 5.82 Å². The summed E-state index contributed by atoms with van der Waals surface area (Å²) in [4.78, 5) is 0. The van der Waals surface area contributed by atoms with Crippen LogP contribution in [-0.2, 0) is 0 Å². The molecule has 3 aromatic rings. The number of nitrogens with one attached hydrogen (secondary N) is 2. The molecule has 4 N–H and O–H groups in total. The van der Waals surface area contributed by atoms with Crippen molar-refractivity contribution in [1.29, 1.82) is 5.41 Å². The Morgan fingerprint density at radius 2 is 1.95 bits per heavy atom.